The highest BCUT2D eigenvalue weighted by Gasteiger charge is 2.42. The summed E-state index contributed by atoms with van der Waals surface area (Å²) in [4.78, 5) is 33.1. The average Bonchev–Trinajstić information content (AvgIpc) is 2.43. The quantitative estimate of drug-likeness (QED) is 0.321. The number of carbonyl (C=O) groups is 3. The van der Waals surface area contributed by atoms with Gasteiger partial charge in [0, 0.05) is 6.54 Å². The maximum atomic E-state index is 11.1. The van der Waals surface area contributed by atoms with Gasteiger partial charge >= 0.3 is 11.9 Å². The molecule has 1 aliphatic heterocycles. The van der Waals surface area contributed by atoms with Crippen molar-refractivity contribution in [2.24, 2.45) is 0 Å². The number of hydrogen-bond donors (Lipinski definition) is 1. The Bertz CT molecular complexity index is 263. The first-order valence-electron chi connectivity index (χ1n) is 3.81. The van der Waals surface area contributed by atoms with Crippen molar-refractivity contribution in [2.45, 2.75) is 13.0 Å². The van der Waals surface area contributed by atoms with E-state index in [1.54, 1.807) is 6.92 Å². The van der Waals surface area contributed by atoms with E-state index in [0.29, 0.717) is 6.54 Å². The van der Waals surface area contributed by atoms with Crippen molar-refractivity contribution in [1.82, 2.24) is 10.4 Å². The van der Waals surface area contributed by atoms with Crippen LogP contribution < -0.4 is 5.43 Å². The van der Waals surface area contributed by atoms with Crippen molar-refractivity contribution in [3.8, 4) is 0 Å². The Morgan fingerprint density at radius 3 is 2.62 bits per heavy atom. The Balaban J connectivity index is 2.77. The fourth-order valence-corrected chi connectivity index (χ4v) is 1.04. The second kappa shape index (κ2) is 3.53. The lowest BCUT2D eigenvalue weighted by Gasteiger charge is -2.12. The molecule has 1 aliphatic rings. The fraction of sp³-hybridized carbons (Fsp3) is 0.571. The van der Waals surface area contributed by atoms with Gasteiger partial charge in [-0.2, -0.15) is 0 Å². The van der Waals surface area contributed by atoms with E-state index in [1.165, 1.54) is 0 Å². The third-order valence-electron chi connectivity index (χ3n) is 1.76. The molecule has 6 heteroatoms. The summed E-state index contributed by atoms with van der Waals surface area (Å²) in [6.07, 6.45) is 0. The number of ether oxygens (including phenoxy) is 1. The number of hydrogen-bond acceptors (Lipinski definition) is 5. The SMILES string of the molecule is CCN1NC(C(=O)OC)C(=O)C1=O. The molecular weight excluding hydrogens is 176 g/mol. The maximum absolute atomic E-state index is 11.1. The number of esters is 1. The van der Waals surface area contributed by atoms with Crippen molar-refractivity contribution in [1.29, 1.82) is 0 Å². The van der Waals surface area contributed by atoms with Crippen LogP contribution in [-0.4, -0.2) is 42.4 Å². The van der Waals surface area contributed by atoms with E-state index in [9.17, 15) is 14.4 Å². The second-order valence-electron chi connectivity index (χ2n) is 2.50. The summed E-state index contributed by atoms with van der Waals surface area (Å²) in [5.41, 5.74) is 2.45. The molecule has 0 saturated carbocycles. The van der Waals surface area contributed by atoms with Gasteiger partial charge in [-0.1, -0.05) is 0 Å². The van der Waals surface area contributed by atoms with Gasteiger partial charge in [0.2, 0.25) is 0 Å². The summed E-state index contributed by atoms with van der Waals surface area (Å²) in [5.74, 6) is -2.21. The monoisotopic (exact) mass is 186 g/mol. The van der Waals surface area contributed by atoms with Gasteiger partial charge in [0.15, 0.2) is 6.04 Å². The van der Waals surface area contributed by atoms with Crippen LogP contribution in [-0.2, 0) is 19.1 Å². The number of methoxy groups -OCH3 is 1. The number of rotatable bonds is 2. The molecule has 1 rings (SSSR count). The van der Waals surface area contributed by atoms with Crippen LogP contribution in [0.2, 0.25) is 0 Å². The van der Waals surface area contributed by atoms with Crippen LogP contribution in [0.15, 0.2) is 0 Å². The predicted octanol–water partition coefficient (Wildman–Crippen LogP) is -1.54. The molecule has 6 nitrogen and oxygen atoms in total. The number of hydrazine groups is 1. The van der Waals surface area contributed by atoms with E-state index in [1.807, 2.05) is 0 Å². The van der Waals surface area contributed by atoms with Gasteiger partial charge in [0.25, 0.3) is 5.78 Å². The Kier molecular flexibility index (Phi) is 2.62. The molecule has 1 atom stereocenters. The number of carbonyl (C=O) groups excluding carboxylic acids is 3. The number of likely N-dealkylation sites (N-methyl/N-ethyl adjacent to an activating group) is 1. The Morgan fingerprint density at radius 1 is 1.62 bits per heavy atom. The topological polar surface area (TPSA) is 75.7 Å². The van der Waals surface area contributed by atoms with Gasteiger partial charge in [-0.15, -0.1) is 0 Å². The molecule has 0 aromatic rings. The molecule has 1 fully saturated rings. The highest BCUT2D eigenvalue weighted by molar-refractivity contribution is 6.43. The zero-order chi connectivity index (χ0) is 10.0. The van der Waals surface area contributed by atoms with E-state index in [2.05, 4.69) is 10.2 Å². The molecule has 0 radical (unpaired) electrons. The number of ketones is 1. The van der Waals surface area contributed by atoms with Crippen LogP contribution in [0.25, 0.3) is 0 Å². The lowest BCUT2D eigenvalue weighted by atomic mass is 10.2. The molecule has 0 aromatic heterocycles. The third kappa shape index (κ3) is 1.52. The van der Waals surface area contributed by atoms with Crippen LogP contribution >= 0.6 is 0 Å². The number of amides is 1. The first-order valence-corrected chi connectivity index (χ1v) is 3.81. The normalized spacial score (nSPS) is 22.3. The zero-order valence-electron chi connectivity index (χ0n) is 7.36. The third-order valence-corrected chi connectivity index (χ3v) is 1.76. The molecule has 72 valence electrons. The van der Waals surface area contributed by atoms with Crippen molar-refractivity contribution >= 4 is 17.7 Å². The van der Waals surface area contributed by atoms with Crippen molar-refractivity contribution < 1.29 is 19.1 Å². The summed E-state index contributed by atoms with van der Waals surface area (Å²) in [7, 11) is 1.16. The van der Waals surface area contributed by atoms with Gasteiger partial charge in [-0.05, 0) is 6.92 Å². The fourth-order valence-electron chi connectivity index (χ4n) is 1.04. The Morgan fingerprint density at radius 2 is 2.23 bits per heavy atom. The Hall–Kier alpha value is -1.43. The van der Waals surface area contributed by atoms with Crippen LogP contribution in [0.1, 0.15) is 6.92 Å². The minimum atomic E-state index is -1.17. The largest absolute Gasteiger partial charge is 0.467 e. The average molecular weight is 186 g/mol. The zero-order valence-corrected chi connectivity index (χ0v) is 7.36. The molecule has 1 amide bonds. The second-order valence-corrected chi connectivity index (χ2v) is 2.50. The summed E-state index contributed by atoms with van der Waals surface area (Å²) in [6.45, 7) is 2.02. The van der Waals surface area contributed by atoms with Gasteiger partial charge in [0.1, 0.15) is 0 Å². The van der Waals surface area contributed by atoms with Gasteiger partial charge in [-0.3, -0.25) is 14.6 Å². The van der Waals surface area contributed by atoms with Crippen LogP contribution in [0.3, 0.4) is 0 Å². The van der Waals surface area contributed by atoms with E-state index in [4.69, 9.17) is 0 Å². The minimum absolute atomic E-state index is 0.331. The number of nitrogens with zero attached hydrogens (tertiary/aromatic N) is 1. The van der Waals surface area contributed by atoms with Gasteiger partial charge < -0.3 is 4.74 Å². The van der Waals surface area contributed by atoms with Crippen molar-refractivity contribution in [2.75, 3.05) is 13.7 Å². The van der Waals surface area contributed by atoms with Gasteiger partial charge in [-0.25, -0.2) is 10.2 Å². The highest BCUT2D eigenvalue weighted by atomic mass is 16.5. The molecule has 0 bridgehead atoms. The molecule has 1 unspecified atom stereocenters. The standard InChI is InChI=1S/C7H10N2O4/c1-3-9-6(11)5(10)4(8-9)7(12)13-2/h4,8H,3H2,1-2H3. The lowest BCUT2D eigenvalue weighted by molar-refractivity contribution is -0.147. The molecular formula is C7H10N2O4. The Labute approximate surface area is 74.8 Å². The minimum Gasteiger partial charge on any atom is -0.467 e. The van der Waals surface area contributed by atoms with E-state index < -0.39 is 23.7 Å². The summed E-state index contributed by atoms with van der Waals surface area (Å²) >= 11 is 0. The van der Waals surface area contributed by atoms with Crippen molar-refractivity contribution in [3.63, 3.8) is 0 Å². The molecule has 1 N–H and O–H groups in total. The summed E-state index contributed by atoms with van der Waals surface area (Å²) in [5, 5.41) is 1.09. The molecule has 13 heavy (non-hydrogen) atoms. The predicted molar refractivity (Wildman–Crippen MR) is 41.3 cm³/mol. The summed E-state index contributed by atoms with van der Waals surface area (Å²) < 4.78 is 4.34. The van der Waals surface area contributed by atoms with Crippen LogP contribution in [0, 0.1) is 0 Å². The number of nitrogens with one attached hydrogen (secondary N) is 1. The molecule has 0 spiro atoms. The van der Waals surface area contributed by atoms with Crippen molar-refractivity contribution in [3.05, 3.63) is 0 Å². The van der Waals surface area contributed by atoms with Crippen LogP contribution in [0.5, 0.6) is 0 Å². The van der Waals surface area contributed by atoms with E-state index >= 15 is 0 Å². The smallest absolute Gasteiger partial charge is 0.333 e. The number of Topliss-reactive ketones (excluding diaryl/α,β-unsaturated/α-hetero) is 1. The maximum Gasteiger partial charge on any atom is 0.333 e. The molecule has 1 saturated heterocycles. The van der Waals surface area contributed by atoms with Crippen LogP contribution in [0.4, 0.5) is 0 Å². The highest BCUT2D eigenvalue weighted by Crippen LogP contribution is 2.04. The summed E-state index contributed by atoms with van der Waals surface area (Å²) in [6, 6.07) is -1.17. The first kappa shape index (κ1) is 9.66. The molecule has 0 aliphatic carbocycles. The first-order chi connectivity index (χ1) is 6.11. The molecule has 1 heterocycles. The van der Waals surface area contributed by atoms with Gasteiger partial charge in [0.05, 0.1) is 7.11 Å². The van der Waals surface area contributed by atoms with E-state index in [-0.39, 0.29) is 0 Å². The molecule has 0 aromatic carbocycles. The van der Waals surface area contributed by atoms with E-state index in [0.717, 1.165) is 12.1 Å². The lowest BCUT2D eigenvalue weighted by Crippen LogP contribution is -2.41.